The second kappa shape index (κ2) is 5.38. The van der Waals surface area contributed by atoms with Crippen molar-refractivity contribution in [1.82, 2.24) is 15.5 Å². The van der Waals surface area contributed by atoms with Crippen LogP contribution < -0.4 is 5.32 Å². The Labute approximate surface area is 116 Å². The molecule has 1 N–H and O–H groups in total. The van der Waals surface area contributed by atoms with Gasteiger partial charge in [-0.05, 0) is 31.3 Å². The lowest BCUT2D eigenvalue weighted by molar-refractivity contribution is 0.304. The lowest BCUT2D eigenvalue weighted by Crippen LogP contribution is -2.25. The smallest absolute Gasteiger partial charge is 0.233 e. The second-order valence-electron chi connectivity index (χ2n) is 4.76. The van der Waals surface area contributed by atoms with Crippen LogP contribution in [-0.2, 0) is 11.8 Å². The van der Waals surface area contributed by atoms with Gasteiger partial charge in [-0.2, -0.15) is 4.98 Å². The maximum atomic E-state index is 5.40. The van der Waals surface area contributed by atoms with Crippen molar-refractivity contribution in [3.8, 4) is 0 Å². The molecule has 98 valence electrons. The number of thiophene rings is 1. The van der Waals surface area contributed by atoms with Gasteiger partial charge in [-0.3, -0.25) is 0 Å². The first-order chi connectivity index (χ1) is 8.26. The van der Waals surface area contributed by atoms with E-state index >= 15 is 0 Å². The van der Waals surface area contributed by atoms with E-state index in [0.717, 1.165) is 37.6 Å². The maximum absolute atomic E-state index is 5.40. The standard InChI is InChI=1S/C12H15N3OS.ClH/c1-12(4-5-13-8-12)11-14-10(15-16-11)7-9-3-2-6-17-9;/h2-3,6,13H,4-5,7-8H2,1H3;1H. The lowest BCUT2D eigenvalue weighted by atomic mass is 9.90. The molecule has 0 bridgehead atoms. The van der Waals surface area contributed by atoms with Crippen LogP contribution in [0.2, 0.25) is 0 Å². The third kappa shape index (κ3) is 2.58. The first kappa shape index (κ1) is 13.5. The molecule has 0 aromatic carbocycles. The normalized spacial score (nSPS) is 22.9. The summed E-state index contributed by atoms with van der Waals surface area (Å²) < 4.78 is 5.40. The molecule has 1 unspecified atom stereocenters. The van der Waals surface area contributed by atoms with Gasteiger partial charge in [0, 0.05) is 17.8 Å². The topological polar surface area (TPSA) is 51.0 Å². The van der Waals surface area contributed by atoms with Crippen molar-refractivity contribution in [3.63, 3.8) is 0 Å². The highest BCUT2D eigenvalue weighted by Gasteiger charge is 2.36. The van der Waals surface area contributed by atoms with Gasteiger partial charge < -0.3 is 9.84 Å². The molecule has 1 atom stereocenters. The zero-order valence-corrected chi connectivity index (χ0v) is 11.8. The van der Waals surface area contributed by atoms with Gasteiger partial charge in [0.2, 0.25) is 5.89 Å². The van der Waals surface area contributed by atoms with Gasteiger partial charge in [-0.1, -0.05) is 11.2 Å². The maximum Gasteiger partial charge on any atom is 0.233 e. The summed E-state index contributed by atoms with van der Waals surface area (Å²) in [7, 11) is 0. The van der Waals surface area contributed by atoms with Gasteiger partial charge in [-0.15, -0.1) is 23.7 Å². The number of rotatable bonds is 3. The average Bonchev–Trinajstić information content (AvgIpc) is 3.00. The van der Waals surface area contributed by atoms with Gasteiger partial charge in [0.1, 0.15) is 0 Å². The summed E-state index contributed by atoms with van der Waals surface area (Å²) in [5.74, 6) is 1.56. The van der Waals surface area contributed by atoms with E-state index in [2.05, 4.69) is 33.8 Å². The van der Waals surface area contributed by atoms with Gasteiger partial charge in [0.05, 0.1) is 5.41 Å². The number of hydrogen-bond acceptors (Lipinski definition) is 5. The van der Waals surface area contributed by atoms with Crippen molar-refractivity contribution in [3.05, 3.63) is 34.1 Å². The fourth-order valence-electron chi connectivity index (χ4n) is 2.14. The van der Waals surface area contributed by atoms with Crippen LogP contribution in [0, 0.1) is 0 Å². The Morgan fingerprint density at radius 3 is 3.11 bits per heavy atom. The number of nitrogens with one attached hydrogen (secondary N) is 1. The molecule has 0 spiro atoms. The third-order valence-electron chi connectivity index (χ3n) is 3.27. The molecule has 3 rings (SSSR count). The predicted octanol–water partition coefficient (Wildman–Crippen LogP) is 2.39. The predicted molar refractivity (Wildman–Crippen MR) is 73.5 cm³/mol. The molecule has 0 radical (unpaired) electrons. The minimum atomic E-state index is 0. The van der Waals surface area contributed by atoms with Crippen LogP contribution in [0.15, 0.2) is 22.0 Å². The molecule has 1 aliphatic rings. The van der Waals surface area contributed by atoms with E-state index in [9.17, 15) is 0 Å². The summed E-state index contributed by atoms with van der Waals surface area (Å²) >= 11 is 1.72. The minimum Gasteiger partial charge on any atom is -0.339 e. The van der Waals surface area contributed by atoms with Gasteiger partial charge in [0.15, 0.2) is 5.82 Å². The zero-order chi connectivity index (χ0) is 11.7. The molecule has 4 nitrogen and oxygen atoms in total. The van der Waals surface area contributed by atoms with E-state index < -0.39 is 0 Å². The van der Waals surface area contributed by atoms with Crippen LogP contribution >= 0.6 is 23.7 Å². The Kier molecular flexibility index (Phi) is 4.04. The van der Waals surface area contributed by atoms with Crippen molar-refractivity contribution in [1.29, 1.82) is 0 Å². The Bertz CT molecular complexity index is 491. The molecule has 1 saturated heterocycles. The monoisotopic (exact) mass is 285 g/mol. The lowest BCUT2D eigenvalue weighted by Gasteiger charge is -2.15. The Balaban J connectivity index is 0.00000120. The summed E-state index contributed by atoms with van der Waals surface area (Å²) in [6, 6.07) is 4.14. The van der Waals surface area contributed by atoms with Crippen molar-refractivity contribution < 1.29 is 4.52 Å². The van der Waals surface area contributed by atoms with Gasteiger partial charge >= 0.3 is 0 Å². The fraction of sp³-hybridized carbons (Fsp3) is 0.500. The van der Waals surface area contributed by atoms with Crippen LogP contribution in [0.3, 0.4) is 0 Å². The first-order valence-electron chi connectivity index (χ1n) is 5.82. The van der Waals surface area contributed by atoms with Crippen molar-refractivity contribution >= 4 is 23.7 Å². The van der Waals surface area contributed by atoms with Crippen LogP contribution in [-0.4, -0.2) is 23.2 Å². The van der Waals surface area contributed by atoms with Gasteiger partial charge in [-0.25, -0.2) is 0 Å². The average molecular weight is 286 g/mol. The Morgan fingerprint density at radius 1 is 1.56 bits per heavy atom. The molecule has 2 aromatic rings. The Morgan fingerprint density at radius 2 is 2.44 bits per heavy atom. The highest BCUT2D eigenvalue weighted by Crippen LogP contribution is 2.28. The molecule has 0 saturated carbocycles. The van der Waals surface area contributed by atoms with Gasteiger partial charge in [0.25, 0.3) is 0 Å². The van der Waals surface area contributed by atoms with E-state index in [1.807, 2.05) is 6.07 Å². The van der Waals surface area contributed by atoms with E-state index in [1.165, 1.54) is 4.88 Å². The fourth-order valence-corrected chi connectivity index (χ4v) is 2.84. The van der Waals surface area contributed by atoms with Crippen molar-refractivity contribution in [2.75, 3.05) is 13.1 Å². The Hall–Kier alpha value is -0.910. The molecule has 0 amide bonds. The first-order valence-corrected chi connectivity index (χ1v) is 6.70. The number of aromatic nitrogens is 2. The van der Waals surface area contributed by atoms with Crippen LogP contribution in [0.1, 0.15) is 29.9 Å². The molecule has 1 fully saturated rings. The van der Waals surface area contributed by atoms with E-state index in [0.29, 0.717) is 0 Å². The van der Waals surface area contributed by atoms with Crippen molar-refractivity contribution in [2.45, 2.75) is 25.2 Å². The SMILES string of the molecule is CC1(c2nc(Cc3cccs3)no2)CCNC1.Cl. The quantitative estimate of drug-likeness (QED) is 0.941. The van der Waals surface area contributed by atoms with E-state index in [4.69, 9.17) is 4.52 Å². The minimum absolute atomic E-state index is 0. The van der Waals surface area contributed by atoms with Crippen LogP contribution in [0.4, 0.5) is 0 Å². The summed E-state index contributed by atoms with van der Waals surface area (Å²) in [6.07, 6.45) is 1.83. The molecule has 1 aliphatic heterocycles. The molecular weight excluding hydrogens is 270 g/mol. The van der Waals surface area contributed by atoms with E-state index in [1.54, 1.807) is 11.3 Å². The highest BCUT2D eigenvalue weighted by molar-refractivity contribution is 7.09. The summed E-state index contributed by atoms with van der Waals surface area (Å²) in [5.41, 5.74) is 0.0146. The summed E-state index contributed by atoms with van der Waals surface area (Å²) in [4.78, 5) is 5.80. The molecule has 3 heterocycles. The van der Waals surface area contributed by atoms with Crippen LogP contribution in [0.5, 0.6) is 0 Å². The zero-order valence-electron chi connectivity index (χ0n) is 10.2. The number of hydrogen-bond donors (Lipinski definition) is 1. The largest absolute Gasteiger partial charge is 0.339 e. The summed E-state index contributed by atoms with van der Waals surface area (Å²) in [6.45, 7) is 4.13. The second-order valence-corrected chi connectivity index (χ2v) is 5.79. The van der Waals surface area contributed by atoms with Crippen molar-refractivity contribution in [2.24, 2.45) is 0 Å². The molecule has 6 heteroatoms. The summed E-state index contributed by atoms with van der Waals surface area (Å²) in [5, 5.41) is 9.48. The third-order valence-corrected chi connectivity index (χ3v) is 4.14. The molecular formula is C12H16ClN3OS. The highest BCUT2D eigenvalue weighted by atomic mass is 35.5. The van der Waals surface area contributed by atoms with E-state index in [-0.39, 0.29) is 17.8 Å². The number of nitrogens with zero attached hydrogens (tertiary/aromatic N) is 2. The van der Waals surface area contributed by atoms with Crippen LogP contribution in [0.25, 0.3) is 0 Å². The number of halogens is 1. The molecule has 0 aliphatic carbocycles. The molecule has 2 aromatic heterocycles. The molecule has 18 heavy (non-hydrogen) atoms.